The topological polar surface area (TPSA) is 52.6 Å². The van der Waals surface area contributed by atoms with Crippen molar-refractivity contribution in [3.8, 4) is 0 Å². The first-order valence-corrected chi connectivity index (χ1v) is 8.24. The number of nitrogens with zero attached hydrogens (tertiary/aromatic N) is 1. The highest BCUT2D eigenvalue weighted by Crippen LogP contribution is 2.40. The van der Waals surface area contributed by atoms with E-state index in [-0.39, 0.29) is 0 Å². The molecule has 2 unspecified atom stereocenters. The Morgan fingerprint density at radius 2 is 2.05 bits per heavy atom. The number of carbonyl (C=O) groups is 1. The van der Waals surface area contributed by atoms with Crippen molar-refractivity contribution in [1.29, 1.82) is 0 Å². The Morgan fingerprint density at radius 1 is 1.40 bits per heavy atom. The lowest BCUT2D eigenvalue weighted by atomic mass is 9.91. The minimum Gasteiger partial charge on any atom is -0.480 e. The predicted molar refractivity (Wildman–Crippen MR) is 83.0 cm³/mol. The molecule has 0 bridgehead atoms. The molecule has 2 N–H and O–H groups in total. The molecule has 0 heterocycles. The molecule has 4 heteroatoms. The third-order valence-corrected chi connectivity index (χ3v) is 4.61. The number of carboxylic acids is 1. The fraction of sp³-hybridized carbons (Fsp3) is 0.938. The van der Waals surface area contributed by atoms with Gasteiger partial charge in [0, 0.05) is 12.6 Å². The first-order valence-electron chi connectivity index (χ1n) is 8.24. The average molecular weight is 284 g/mol. The summed E-state index contributed by atoms with van der Waals surface area (Å²) in [7, 11) is 0. The van der Waals surface area contributed by atoms with Gasteiger partial charge in [-0.25, -0.2) is 0 Å². The van der Waals surface area contributed by atoms with Crippen LogP contribution in [-0.4, -0.2) is 47.2 Å². The van der Waals surface area contributed by atoms with Gasteiger partial charge in [-0.15, -0.1) is 0 Å². The summed E-state index contributed by atoms with van der Waals surface area (Å²) < 4.78 is 0. The molecule has 20 heavy (non-hydrogen) atoms. The molecule has 0 spiro atoms. The molecule has 4 nitrogen and oxygen atoms in total. The second-order valence-electron chi connectivity index (χ2n) is 6.16. The zero-order chi connectivity index (χ0) is 15.2. The van der Waals surface area contributed by atoms with Crippen LogP contribution in [0.3, 0.4) is 0 Å². The highest BCUT2D eigenvalue weighted by atomic mass is 16.4. The molecule has 0 radical (unpaired) electrons. The van der Waals surface area contributed by atoms with Crippen LogP contribution < -0.4 is 5.32 Å². The fourth-order valence-corrected chi connectivity index (χ4v) is 2.93. The summed E-state index contributed by atoms with van der Waals surface area (Å²) in [5.41, 5.74) is -0.744. The van der Waals surface area contributed by atoms with Crippen LogP contribution in [0.2, 0.25) is 0 Å². The maximum absolute atomic E-state index is 11.9. The van der Waals surface area contributed by atoms with Crippen LogP contribution >= 0.6 is 0 Å². The normalized spacial score (nSPS) is 19.9. The van der Waals surface area contributed by atoms with E-state index in [1.807, 2.05) is 6.92 Å². The molecule has 0 saturated heterocycles. The molecule has 1 fully saturated rings. The summed E-state index contributed by atoms with van der Waals surface area (Å²) in [4.78, 5) is 14.3. The van der Waals surface area contributed by atoms with Crippen molar-refractivity contribution < 1.29 is 9.90 Å². The third kappa shape index (κ3) is 4.19. The maximum atomic E-state index is 11.9. The molecule has 1 aliphatic rings. The Hall–Kier alpha value is -0.610. The van der Waals surface area contributed by atoms with Crippen molar-refractivity contribution in [1.82, 2.24) is 10.2 Å². The quantitative estimate of drug-likeness (QED) is 0.612. The first kappa shape index (κ1) is 17.4. The number of carboxylic acid groups (broad SMARTS) is 1. The highest BCUT2D eigenvalue weighted by Gasteiger charge is 2.51. The van der Waals surface area contributed by atoms with E-state index in [1.54, 1.807) is 0 Å². The third-order valence-electron chi connectivity index (χ3n) is 4.61. The Morgan fingerprint density at radius 3 is 2.45 bits per heavy atom. The lowest BCUT2D eigenvalue weighted by Crippen LogP contribution is -2.61. The van der Waals surface area contributed by atoms with Crippen molar-refractivity contribution in [2.45, 2.75) is 71.4 Å². The van der Waals surface area contributed by atoms with Crippen LogP contribution in [-0.2, 0) is 4.79 Å². The van der Waals surface area contributed by atoms with E-state index >= 15 is 0 Å². The second kappa shape index (κ2) is 7.99. The SMILES string of the molecule is CCCCN(CC(NCC)(C(=O)O)C1CC1)C(C)CC. The summed E-state index contributed by atoms with van der Waals surface area (Å²) in [6.07, 6.45) is 5.44. The number of nitrogens with one attached hydrogen (secondary N) is 1. The molecule has 1 rings (SSSR count). The van der Waals surface area contributed by atoms with Crippen LogP contribution in [0.1, 0.15) is 59.8 Å². The summed E-state index contributed by atoms with van der Waals surface area (Å²) in [5, 5.41) is 13.1. The van der Waals surface area contributed by atoms with Gasteiger partial charge in [-0.05, 0) is 51.6 Å². The van der Waals surface area contributed by atoms with Gasteiger partial charge in [0.2, 0.25) is 0 Å². The Labute approximate surface area is 123 Å². The van der Waals surface area contributed by atoms with E-state index in [0.29, 0.717) is 25.0 Å². The summed E-state index contributed by atoms with van der Waals surface area (Å²) in [6, 6.07) is 0.442. The summed E-state index contributed by atoms with van der Waals surface area (Å²) in [6.45, 7) is 10.9. The molecule has 1 saturated carbocycles. The zero-order valence-corrected chi connectivity index (χ0v) is 13.6. The van der Waals surface area contributed by atoms with Crippen molar-refractivity contribution in [3.63, 3.8) is 0 Å². The van der Waals surface area contributed by atoms with E-state index in [2.05, 4.69) is 31.0 Å². The predicted octanol–water partition coefficient (Wildman–Crippen LogP) is 2.73. The monoisotopic (exact) mass is 284 g/mol. The summed E-state index contributed by atoms with van der Waals surface area (Å²) in [5.74, 6) is -0.375. The molecule has 1 aliphatic carbocycles. The van der Waals surface area contributed by atoms with Gasteiger partial charge >= 0.3 is 5.97 Å². The van der Waals surface area contributed by atoms with E-state index in [1.165, 1.54) is 0 Å². The van der Waals surface area contributed by atoms with Gasteiger partial charge in [0.25, 0.3) is 0 Å². The van der Waals surface area contributed by atoms with Gasteiger partial charge in [-0.1, -0.05) is 27.2 Å². The minimum atomic E-state index is -0.744. The van der Waals surface area contributed by atoms with Gasteiger partial charge in [0.15, 0.2) is 0 Å². The van der Waals surface area contributed by atoms with E-state index in [4.69, 9.17) is 0 Å². The van der Waals surface area contributed by atoms with Crippen LogP contribution in [0.15, 0.2) is 0 Å². The standard InChI is InChI=1S/C16H32N2O2/c1-5-8-11-18(13(4)6-2)12-16(15(19)20,17-7-3)14-9-10-14/h13-14,17H,5-12H2,1-4H3,(H,19,20). The van der Waals surface area contributed by atoms with Crippen LogP contribution in [0.4, 0.5) is 0 Å². The van der Waals surface area contributed by atoms with Crippen molar-refractivity contribution >= 4 is 5.97 Å². The molecule has 0 aromatic heterocycles. The van der Waals surface area contributed by atoms with E-state index < -0.39 is 11.5 Å². The van der Waals surface area contributed by atoms with Crippen molar-refractivity contribution in [2.24, 2.45) is 5.92 Å². The van der Waals surface area contributed by atoms with E-state index in [0.717, 1.165) is 38.6 Å². The van der Waals surface area contributed by atoms with Crippen molar-refractivity contribution in [2.75, 3.05) is 19.6 Å². The number of unbranched alkanes of at least 4 members (excludes halogenated alkanes) is 1. The minimum absolute atomic E-state index is 0.299. The number of hydrogen-bond acceptors (Lipinski definition) is 3. The average Bonchev–Trinajstić information content (AvgIpc) is 3.25. The first-order chi connectivity index (χ1) is 9.51. The van der Waals surface area contributed by atoms with Gasteiger partial charge in [-0.2, -0.15) is 0 Å². The molecule has 118 valence electrons. The summed E-state index contributed by atoms with van der Waals surface area (Å²) >= 11 is 0. The molecule has 2 atom stereocenters. The molecular weight excluding hydrogens is 252 g/mol. The largest absolute Gasteiger partial charge is 0.480 e. The highest BCUT2D eigenvalue weighted by molar-refractivity contribution is 5.80. The molecule has 0 amide bonds. The number of aliphatic carboxylic acids is 1. The number of rotatable bonds is 11. The Bertz CT molecular complexity index is 305. The van der Waals surface area contributed by atoms with Gasteiger partial charge < -0.3 is 10.4 Å². The maximum Gasteiger partial charge on any atom is 0.325 e. The Kier molecular flexibility index (Phi) is 6.96. The smallest absolute Gasteiger partial charge is 0.325 e. The number of hydrogen-bond donors (Lipinski definition) is 2. The molecular formula is C16H32N2O2. The zero-order valence-electron chi connectivity index (χ0n) is 13.6. The number of likely N-dealkylation sites (N-methyl/N-ethyl adjacent to an activating group) is 1. The fourth-order valence-electron chi connectivity index (χ4n) is 2.93. The van der Waals surface area contributed by atoms with Crippen LogP contribution in [0.25, 0.3) is 0 Å². The van der Waals surface area contributed by atoms with Gasteiger partial charge in [0.1, 0.15) is 5.54 Å². The van der Waals surface area contributed by atoms with Crippen LogP contribution in [0.5, 0.6) is 0 Å². The van der Waals surface area contributed by atoms with Gasteiger partial charge in [0.05, 0.1) is 0 Å². The van der Waals surface area contributed by atoms with Gasteiger partial charge in [-0.3, -0.25) is 9.69 Å². The molecule has 0 aliphatic heterocycles. The molecule has 0 aromatic rings. The van der Waals surface area contributed by atoms with Crippen LogP contribution in [0, 0.1) is 5.92 Å². The lowest BCUT2D eigenvalue weighted by Gasteiger charge is -2.38. The van der Waals surface area contributed by atoms with E-state index in [9.17, 15) is 9.90 Å². The van der Waals surface area contributed by atoms with Crippen molar-refractivity contribution in [3.05, 3.63) is 0 Å². The Balaban J connectivity index is 2.85. The second-order valence-corrected chi connectivity index (χ2v) is 6.16. The lowest BCUT2D eigenvalue weighted by molar-refractivity contribution is -0.147. The molecule has 0 aromatic carbocycles.